The first kappa shape index (κ1) is 11.5. The van der Waals surface area contributed by atoms with E-state index in [1.165, 1.54) is 29.1 Å². The molecule has 0 amide bonds. The van der Waals surface area contributed by atoms with Gasteiger partial charge in [0.1, 0.15) is 0 Å². The molecule has 74 valence electrons. The van der Waals surface area contributed by atoms with Gasteiger partial charge in [0.15, 0.2) is 6.29 Å². The molecule has 2 N–H and O–H groups in total. The third-order valence-electron chi connectivity index (χ3n) is 1.49. The second-order valence-electron chi connectivity index (χ2n) is 2.49. The molecule has 0 aliphatic rings. The zero-order valence-corrected chi connectivity index (χ0v) is 9.14. The molecule has 0 saturated heterocycles. The largest absolute Gasteiger partial charge is 0.480 e. The Kier molecular flexibility index (Phi) is 4.41. The van der Waals surface area contributed by atoms with Crippen LogP contribution in [0.3, 0.4) is 0 Å². The van der Waals surface area contributed by atoms with Gasteiger partial charge in [-0.1, -0.05) is 12.1 Å². The van der Waals surface area contributed by atoms with Crippen LogP contribution in [0.15, 0.2) is 16.3 Å². The first-order valence-electron chi connectivity index (χ1n) is 3.84. The summed E-state index contributed by atoms with van der Waals surface area (Å²) in [4.78, 5) is 11.1. The van der Waals surface area contributed by atoms with Gasteiger partial charge >= 0.3 is 7.12 Å². The second-order valence-corrected chi connectivity index (χ2v) is 4.64. The Hall–Kier alpha value is -0.555. The van der Waals surface area contributed by atoms with Crippen LogP contribution in [-0.2, 0) is 0 Å². The predicted octanol–water partition coefficient (Wildman–Crippen LogP) is 1.31. The van der Waals surface area contributed by atoms with Gasteiger partial charge in [0.2, 0.25) is 0 Å². The Labute approximate surface area is 90.6 Å². The number of carbonyl (C=O) groups is 1. The van der Waals surface area contributed by atoms with Crippen molar-refractivity contribution >= 4 is 42.6 Å². The van der Waals surface area contributed by atoms with E-state index in [0.29, 0.717) is 4.88 Å². The maximum absolute atomic E-state index is 10.5. The van der Waals surface area contributed by atoms with Crippen LogP contribution in [0.2, 0.25) is 0 Å². The molecule has 1 rings (SSSR count). The number of rotatable bonds is 4. The Morgan fingerprint density at radius 2 is 2.29 bits per heavy atom. The highest BCUT2D eigenvalue weighted by atomic mass is 32.2. The van der Waals surface area contributed by atoms with E-state index in [0.717, 1.165) is 16.1 Å². The average molecular weight is 228 g/mol. The first-order valence-corrected chi connectivity index (χ1v) is 5.89. The van der Waals surface area contributed by atoms with Crippen molar-refractivity contribution < 1.29 is 14.8 Å². The van der Waals surface area contributed by atoms with E-state index < -0.39 is 7.12 Å². The summed E-state index contributed by atoms with van der Waals surface area (Å²) in [6.45, 7) is 0. The number of hydrogen-bond donors (Lipinski definition) is 2. The molecule has 0 aliphatic heterocycles. The van der Waals surface area contributed by atoms with Crippen molar-refractivity contribution in [1.82, 2.24) is 0 Å². The van der Waals surface area contributed by atoms with Crippen molar-refractivity contribution in [2.24, 2.45) is 0 Å². The Balaban J connectivity index is 2.94. The summed E-state index contributed by atoms with van der Waals surface area (Å²) in [6.07, 6.45) is 4.30. The Morgan fingerprint density at radius 3 is 2.79 bits per heavy atom. The molecular weight excluding hydrogens is 219 g/mol. The summed E-state index contributed by atoms with van der Waals surface area (Å²) in [7, 11) is -1.45. The summed E-state index contributed by atoms with van der Waals surface area (Å²) in [6, 6.07) is 1.72. The first-order chi connectivity index (χ1) is 6.67. The van der Waals surface area contributed by atoms with Crippen molar-refractivity contribution in [2.45, 2.75) is 4.21 Å². The van der Waals surface area contributed by atoms with Crippen LogP contribution in [0.5, 0.6) is 0 Å². The number of thioether (sulfide) groups is 1. The van der Waals surface area contributed by atoms with Crippen LogP contribution < -0.4 is 0 Å². The van der Waals surface area contributed by atoms with Gasteiger partial charge in [-0.05, 0) is 17.9 Å². The van der Waals surface area contributed by atoms with Crippen molar-refractivity contribution in [3.8, 4) is 0 Å². The van der Waals surface area contributed by atoms with E-state index in [2.05, 4.69) is 0 Å². The fraction of sp³-hybridized carbons (Fsp3) is 0.125. The van der Waals surface area contributed by atoms with Gasteiger partial charge in [-0.3, -0.25) is 4.79 Å². The number of thiophene rings is 1. The smallest absolute Gasteiger partial charge is 0.424 e. The van der Waals surface area contributed by atoms with E-state index >= 15 is 0 Å². The lowest BCUT2D eigenvalue weighted by atomic mass is 9.91. The highest BCUT2D eigenvalue weighted by molar-refractivity contribution is 8.00. The quantitative estimate of drug-likeness (QED) is 0.463. The minimum Gasteiger partial charge on any atom is -0.424 e. The average Bonchev–Trinajstić information content (AvgIpc) is 2.57. The zero-order valence-electron chi connectivity index (χ0n) is 7.51. The highest BCUT2D eigenvalue weighted by Crippen LogP contribution is 2.30. The molecule has 0 aromatic carbocycles. The molecule has 0 aliphatic carbocycles. The maximum atomic E-state index is 10.5. The molecule has 14 heavy (non-hydrogen) atoms. The van der Waals surface area contributed by atoms with Crippen LogP contribution in [0.4, 0.5) is 0 Å². The lowest BCUT2D eigenvalue weighted by Gasteiger charge is -1.92. The summed E-state index contributed by atoms with van der Waals surface area (Å²) in [5.41, 5.74) is 0.845. The number of hydrogen-bond acceptors (Lipinski definition) is 5. The molecule has 3 nitrogen and oxygen atoms in total. The van der Waals surface area contributed by atoms with Gasteiger partial charge in [0, 0.05) is 0 Å². The van der Waals surface area contributed by atoms with Crippen LogP contribution >= 0.6 is 23.1 Å². The Morgan fingerprint density at radius 1 is 1.57 bits per heavy atom. The van der Waals surface area contributed by atoms with E-state index in [9.17, 15) is 4.79 Å². The highest BCUT2D eigenvalue weighted by Gasteiger charge is 2.06. The predicted molar refractivity (Wildman–Crippen MR) is 60.7 cm³/mol. The minimum atomic E-state index is -1.45. The molecule has 1 heterocycles. The summed E-state index contributed by atoms with van der Waals surface area (Å²) >= 11 is 2.92. The van der Waals surface area contributed by atoms with E-state index in [1.807, 2.05) is 6.26 Å². The molecule has 1 aromatic heterocycles. The summed E-state index contributed by atoms with van der Waals surface area (Å²) in [5, 5.41) is 17.3. The van der Waals surface area contributed by atoms with Gasteiger partial charge in [0.25, 0.3) is 0 Å². The second kappa shape index (κ2) is 5.36. The summed E-state index contributed by atoms with van der Waals surface area (Å²) < 4.78 is 0.990. The van der Waals surface area contributed by atoms with Gasteiger partial charge in [0.05, 0.1) is 9.09 Å². The fourth-order valence-corrected chi connectivity index (χ4v) is 2.61. The normalized spacial score (nSPS) is 10.8. The molecule has 0 saturated carbocycles. The van der Waals surface area contributed by atoms with Crippen LogP contribution in [0, 0.1) is 0 Å². The standard InChI is InChI=1S/C8H9BO3S2/c1-13-8-6(2-3-9(11)12)4-7(5-10)14-8/h2-5,11-12H,1H3/b3-2+. The molecule has 0 fully saturated rings. The van der Waals surface area contributed by atoms with Crippen molar-refractivity contribution in [1.29, 1.82) is 0 Å². The van der Waals surface area contributed by atoms with E-state index in [4.69, 9.17) is 10.0 Å². The lowest BCUT2D eigenvalue weighted by Crippen LogP contribution is -2.05. The molecule has 1 aromatic rings. The van der Waals surface area contributed by atoms with Crippen molar-refractivity contribution in [3.63, 3.8) is 0 Å². The zero-order chi connectivity index (χ0) is 10.6. The molecule has 0 unspecified atom stereocenters. The van der Waals surface area contributed by atoms with Gasteiger partial charge < -0.3 is 10.0 Å². The molecular formula is C8H9BO3S2. The van der Waals surface area contributed by atoms with Crippen molar-refractivity contribution in [3.05, 3.63) is 22.5 Å². The number of carbonyl (C=O) groups excluding carboxylic acids is 1. The summed E-state index contributed by atoms with van der Waals surface area (Å²) in [5.74, 6) is 1.26. The molecule has 0 bridgehead atoms. The lowest BCUT2D eigenvalue weighted by molar-refractivity contribution is 0.112. The van der Waals surface area contributed by atoms with Crippen LogP contribution in [0.1, 0.15) is 15.2 Å². The molecule has 0 spiro atoms. The third-order valence-corrected chi connectivity index (χ3v) is 3.72. The van der Waals surface area contributed by atoms with Crippen LogP contribution in [-0.4, -0.2) is 29.7 Å². The topological polar surface area (TPSA) is 57.5 Å². The molecule has 0 atom stereocenters. The molecule has 0 radical (unpaired) electrons. The minimum absolute atomic E-state index is 0.640. The maximum Gasteiger partial charge on any atom is 0.480 e. The molecule has 6 heteroatoms. The third kappa shape index (κ3) is 2.99. The number of aldehydes is 1. The van der Waals surface area contributed by atoms with E-state index in [-0.39, 0.29) is 0 Å². The van der Waals surface area contributed by atoms with Crippen LogP contribution in [0.25, 0.3) is 6.08 Å². The Bertz CT molecular complexity index is 346. The van der Waals surface area contributed by atoms with Crippen molar-refractivity contribution in [2.75, 3.05) is 6.26 Å². The van der Waals surface area contributed by atoms with Gasteiger partial charge in [-0.25, -0.2) is 0 Å². The van der Waals surface area contributed by atoms with E-state index in [1.54, 1.807) is 12.1 Å². The SMILES string of the molecule is CSc1sc(C=O)cc1/C=C/B(O)O. The fourth-order valence-electron chi connectivity index (χ4n) is 0.931. The van der Waals surface area contributed by atoms with Gasteiger partial charge in [-0.2, -0.15) is 0 Å². The van der Waals surface area contributed by atoms with Gasteiger partial charge in [-0.15, -0.1) is 23.1 Å². The monoisotopic (exact) mass is 228 g/mol.